The third-order valence-electron chi connectivity index (χ3n) is 5.53. The van der Waals surface area contributed by atoms with Crippen molar-refractivity contribution in [1.82, 2.24) is 5.32 Å². The highest BCUT2D eigenvalue weighted by Gasteiger charge is 2.38. The lowest BCUT2D eigenvalue weighted by Crippen LogP contribution is -2.44. The Morgan fingerprint density at radius 1 is 1.18 bits per heavy atom. The largest absolute Gasteiger partial charge is 0.388 e. The zero-order chi connectivity index (χ0) is 25.4. The highest BCUT2D eigenvalue weighted by molar-refractivity contribution is 6.30. The number of halogens is 1. The lowest BCUT2D eigenvalue weighted by atomic mass is 9.72. The Kier molecular flexibility index (Phi) is 14.3. The predicted molar refractivity (Wildman–Crippen MR) is 136 cm³/mol. The average Bonchev–Trinajstić information content (AvgIpc) is 2.90. The fourth-order valence-electron chi connectivity index (χ4n) is 3.74. The third kappa shape index (κ3) is 8.81. The Hall–Kier alpha value is -2.29. The standard InChI is InChI=1S/C22H24ClNO3.C2H7NO2.C2H6/c23-19-10-8-18(9-11-19)22(12-2-1-3-13-22)21(27)24-14-16-4-6-17(7-5-16)20(26)15-25;3-1-2-5-4;1-2/h2,4,6,8-12,25H,1,3,5,7,13-15H2,(H,24,27);4H,1-3H2;1-2H3. The van der Waals surface area contributed by atoms with Crippen LogP contribution in [0.5, 0.6) is 0 Å². The Labute approximate surface area is 207 Å². The first kappa shape index (κ1) is 29.7. The van der Waals surface area contributed by atoms with E-state index in [4.69, 9.17) is 27.7 Å². The number of Topliss-reactive ketones (excluding diaryl/α,β-unsaturated/α-hetero) is 1. The number of hydrogen-bond donors (Lipinski definition) is 4. The monoisotopic (exact) mass is 492 g/mol. The molecule has 7 nitrogen and oxygen atoms in total. The molecule has 3 rings (SSSR count). The van der Waals surface area contributed by atoms with Crippen LogP contribution in [0.15, 0.2) is 59.7 Å². The summed E-state index contributed by atoms with van der Waals surface area (Å²) in [5, 5.41) is 20.2. The zero-order valence-corrected chi connectivity index (χ0v) is 20.8. The molecule has 0 saturated carbocycles. The van der Waals surface area contributed by atoms with E-state index in [2.05, 4.69) is 16.3 Å². The van der Waals surface area contributed by atoms with Gasteiger partial charge in [-0.3, -0.25) is 14.8 Å². The molecule has 0 spiro atoms. The van der Waals surface area contributed by atoms with Gasteiger partial charge in [0.25, 0.3) is 0 Å². The predicted octanol–water partition coefficient (Wildman–Crippen LogP) is 4.10. The number of aliphatic hydroxyl groups excluding tert-OH is 1. The highest BCUT2D eigenvalue weighted by Crippen LogP contribution is 2.36. The Balaban J connectivity index is 0.000000733. The van der Waals surface area contributed by atoms with Gasteiger partial charge in [-0.05, 0) is 55.4 Å². The molecule has 2 aliphatic rings. The number of nitrogens with one attached hydrogen (secondary N) is 1. The van der Waals surface area contributed by atoms with Crippen LogP contribution in [0.4, 0.5) is 0 Å². The SMILES string of the molecule is CC.NCCOO.O=C(CO)C1=CC=C(CNC(=O)C2(c3ccc(Cl)cc3)C=CCCC2)CC1. The average molecular weight is 493 g/mol. The van der Waals surface area contributed by atoms with Gasteiger partial charge in [0.1, 0.15) is 6.61 Å². The van der Waals surface area contributed by atoms with E-state index >= 15 is 0 Å². The molecule has 1 atom stereocenters. The number of carbonyl (C=O) groups is 2. The van der Waals surface area contributed by atoms with Crippen LogP contribution in [0, 0.1) is 0 Å². The lowest BCUT2D eigenvalue weighted by Gasteiger charge is -2.33. The van der Waals surface area contributed by atoms with Crippen molar-refractivity contribution in [3.63, 3.8) is 0 Å². The Bertz CT molecular complexity index is 862. The number of nitrogens with two attached hydrogens (primary N) is 1. The summed E-state index contributed by atoms with van der Waals surface area (Å²) in [6.07, 6.45) is 11.7. The molecule has 2 aliphatic carbocycles. The van der Waals surface area contributed by atoms with E-state index in [0.717, 1.165) is 30.4 Å². The van der Waals surface area contributed by atoms with E-state index in [1.54, 1.807) is 6.08 Å². The van der Waals surface area contributed by atoms with Crippen molar-refractivity contribution >= 4 is 23.3 Å². The molecule has 34 heavy (non-hydrogen) atoms. The van der Waals surface area contributed by atoms with Crippen LogP contribution < -0.4 is 11.1 Å². The summed E-state index contributed by atoms with van der Waals surface area (Å²) in [6.45, 7) is 4.59. The summed E-state index contributed by atoms with van der Waals surface area (Å²) >= 11 is 6.01. The minimum absolute atomic E-state index is 0.0112. The summed E-state index contributed by atoms with van der Waals surface area (Å²) in [7, 11) is 0. The number of amides is 1. The maximum absolute atomic E-state index is 13.1. The van der Waals surface area contributed by atoms with Crippen molar-refractivity contribution in [2.24, 2.45) is 5.73 Å². The molecule has 0 heterocycles. The van der Waals surface area contributed by atoms with Crippen LogP contribution >= 0.6 is 11.6 Å². The minimum atomic E-state index is -0.661. The van der Waals surface area contributed by atoms with E-state index in [-0.39, 0.29) is 18.3 Å². The fourth-order valence-corrected chi connectivity index (χ4v) is 3.87. The molecule has 0 aliphatic heterocycles. The minimum Gasteiger partial charge on any atom is -0.388 e. The number of carbonyl (C=O) groups excluding carboxylic acids is 2. The molecule has 0 fully saturated rings. The van der Waals surface area contributed by atoms with Gasteiger partial charge in [0.2, 0.25) is 5.91 Å². The first-order chi connectivity index (χ1) is 16.5. The summed E-state index contributed by atoms with van der Waals surface area (Å²) in [5.41, 5.74) is 6.86. The molecule has 0 aromatic heterocycles. The van der Waals surface area contributed by atoms with Crippen molar-refractivity contribution in [2.75, 3.05) is 26.3 Å². The molecule has 5 N–H and O–H groups in total. The zero-order valence-electron chi connectivity index (χ0n) is 20.1. The number of aliphatic hydroxyl groups is 1. The molecule has 0 saturated heterocycles. The fraction of sp³-hybridized carbons (Fsp3) is 0.462. The molecular formula is C26H37ClN2O5. The van der Waals surface area contributed by atoms with Crippen LogP contribution in [0.2, 0.25) is 5.02 Å². The number of rotatable bonds is 8. The molecule has 0 radical (unpaired) electrons. The van der Waals surface area contributed by atoms with Crippen molar-refractivity contribution in [2.45, 2.75) is 51.4 Å². The summed E-state index contributed by atoms with van der Waals surface area (Å²) in [4.78, 5) is 28.2. The summed E-state index contributed by atoms with van der Waals surface area (Å²) in [6, 6.07) is 7.49. The van der Waals surface area contributed by atoms with Gasteiger partial charge < -0.3 is 16.2 Å². The van der Waals surface area contributed by atoms with Crippen LogP contribution in [0.25, 0.3) is 0 Å². The third-order valence-corrected chi connectivity index (χ3v) is 5.78. The Morgan fingerprint density at radius 2 is 1.88 bits per heavy atom. The number of allylic oxidation sites excluding steroid dienone is 3. The van der Waals surface area contributed by atoms with Gasteiger partial charge >= 0.3 is 0 Å². The van der Waals surface area contributed by atoms with Crippen molar-refractivity contribution < 1.29 is 24.8 Å². The molecule has 188 valence electrons. The normalized spacial score (nSPS) is 18.9. The number of ketones is 1. The molecule has 1 unspecified atom stereocenters. The van der Waals surface area contributed by atoms with Crippen LogP contribution in [0.1, 0.15) is 51.5 Å². The summed E-state index contributed by atoms with van der Waals surface area (Å²) < 4.78 is 0. The first-order valence-electron chi connectivity index (χ1n) is 11.7. The molecule has 1 aromatic rings. The summed E-state index contributed by atoms with van der Waals surface area (Å²) in [5.74, 6) is -0.244. The van der Waals surface area contributed by atoms with Gasteiger partial charge in [-0.25, -0.2) is 4.89 Å². The first-order valence-corrected chi connectivity index (χ1v) is 12.1. The van der Waals surface area contributed by atoms with E-state index in [1.807, 2.05) is 50.3 Å². The van der Waals surface area contributed by atoms with Crippen molar-refractivity contribution in [3.05, 3.63) is 70.3 Å². The maximum atomic E-state index is 13.1. The molecule has 8 heteroatoms. The van der Waals surface area contributed by atoms with Gasteiger partial charge in [-0.1, -0.05) is 67.5 Å². The maximum Gasteiger partial charge on any atom is 0.234 e. The molecule has 1 aromatic carbocycles. The second-order valence-corrected chi connectivity index (χ2v) is 8.11. The van der Waals surface area contributed by atoms with Crippen LogP contribution in [-0.2, 0) is 19.9 Å². The van der Waals surface area contributed by atoms with E-state index in [1.165, 1.54) is 0 Å². The van der Waals surface area contributed by atoms with Crippen LogP contribution in [0.3, 0.4) is 0 Å². The number of benzene rings is 1. The van der Waals surface area contributed by atoms with Gasteiger partial charge in [-0.2, -0.15) is 0 Å². The van der Waals surface area contributed by atoms with Crippen LogP contribution in [-0.4, -0.2) is 48.4 Å². The van der Waals surface area contributed by atoms with Gasteiger partial charge in [0, 0.05) is 18.1 Å². The highest BCUT2D eigenvalue weighted by atomic mass is 35.5. The molecular weight excluding hydrogens is 456 g/mol. The van der Waals surface area contributed by atoms with Gasteiger partial charge in [0.15, 0.2) is 5.78 Å². The second-order valence-electron chi connectivity index (χ2n) is 7.68. The van der Waals surface area contributed by atoms with E-state index < -0.39 is 12.0 Å². The molecule has 1 amide bonds. The van der Waals surface area contributed by atoms with Crippen molar-refractivity contribution in [1.29, 1.82) is 0 Å². The van der Waals surface area contributed by atoms with E-state index in [9.17, 15) is 9.59 Å². The topological polar surface area (TPSA) is 122 Å². The number of hydrogen-bond acceptors (Lipinski definition) is 6. The Morgan fingerprint density at radius 3 is 2.35 bits per heavy atom. The quantitative estimate of drug-likeness (QED) is 0.246. The van der Waals surface area contributed by atoms with E-state index in [0.29, 0.717) is 36.5 Å². The van der Waals surface area contributed by atoms with Gasteiger partial charge in [-0.15, -0.1) is 0 Å². The second kappa shape index (κ2) is 16.4. The van der Waals surface area contributed by atoms with Crippen molar-refractivity contribution in [3.8, 4) is 0 Å². The van der Waals surface area contributed by atoms with Gasteiger partial charge in [0.05, 0.1) is 12.0 Å². The molecule has 0 bridgehead atoms. The smallest absolute Gasteiger partial charge is 0.234 e. The lowest BCUT2D eigenvalue weighted by molar-refractivity contribution is -0.239.